The van der Waals surface area contributed by atoms with Gasteiger partial charge >= 0.3 is 0 Å². The minimum atomic E-state index is -0.205. The number of hydrogen-bond acceptors (Lipinski definition) is 3. The van der Waals surface area contributed by atoms with Gasteiger partial charge in [0.2, 0.25) is 0 Å². The zero-order valence-electron chi connectivity index (χ0n) is 10.9. The van der Waals surface area contributed by atoms with Gasteiger partial charge < -0.3 is 10.1 Å². The molecule has 1 unspecified atom stereocenters. The summed E-state index contributed by atoms with van der Waals surface area (Å²) in [7, 11) is 0. The smallest absolute Gasteiger partial charge is 0.251 e. The van der Waals surface area contributed by atoms with Crippen LogP contribution in [0.3, 0.4) is 0 Å². The van der Waals surface area contributed by atoms with Crippen molar-refractivity contribution >= 4 is 29.1 Å². The van der Waals surface area contributed by atoms with Gasteiger partial charge in [0.25, 0.3) is 5.91 Å². The Balaban J connectivity index is 2.04. The lowest BCUT2D eigenvalue weighted by Gasteiger charge is -2.35. The fourth-order valence-electron chi connectivity index (χ4n) is 2.22. The van der Waals surface area contributed by atoms with Crippen LogP contribution in [0.2, 0.25) is 10.3 Å². The lowest BCUT2D eigenvalue weighted by atomic mass is 9.94. The van der Waals surface area contributed by atoms with E-state index >= 15 is 0 Å². The first-order valence-electron chi connectivity index (χ1n) is 6.14. The van der Waals surface area contributed by atoms with Gasteiger partial charge in [-0.1, -0.05) is 23.2 Å². The van der Waals surface area contributed by atoms with Crippen LogP contribution in [0.4, 0.5) is 0 Å². The second-order valence-corrected chi connectivity index (χ2v) is 6.05. The molecule has 0 aliphatic carbocycles. The number of carbonyl (C=O) groups excluding carboxylic acids is 1. The zero-order valence-corrected chi connectivity index (χ0v) is 12.4. The first kappa shape index (κ1) is 14.6. The maximum atomic E-state index is 12.1. The highest BCUT2D eigenvalue weighted by Crippen LogP contribution is 2.24. The molecule has 1 aromatic rings. The largest absolute Gasteiger partial charge is 0.375 e. The van der Waals surface area contributed by atoms with Crippen LogP contribution < -0.4 is 5.32 Å². The molecular weight excluding hydrogens is 287 g/mol. The van der Waals surface area contributed by atoms with Crippen molar-refractivity contribution in [1.29, 1.82) is 0 Å². The summed E-state index contributed by atoms with van der Waals surface area (Å²) >= 11 is 11.6. The first-order valence-corrected chi connectivity index (χ1v) is 6.89. The van der Waals surface area contributed by atoms with Crippen molar-refractivity contribution < 1.29 is 9.53 Å². The quantitative estimate of drug-likeness (QED) is 0.854. The Morgan fingerprint density at radius 3 is 2.63 bits per heavy atom. The number of rotatable bonds is 2. The summed E-state index contributed by atoms with van der Waals surface area (Å²) < 4.78 is 5.62. The average molecular weight is 303 g/mol. The van der Waals surface area contributed by atoms with E-state index in [1.165, 1.54) is 12.1 Å². The summed E-state index contributed by atoms with van der Waals surface area (Å²) in [5.74, 6) is -0.186. The number of amides is 1. The molecule has 1 aliphatic rings. The van der Waals surface area contributed by atoms with Crippen LogP contribution in [0, 0.1) is 0 Å². The van der Waals surface area contributed by atoms with Crippen molar-refractivity contribution in [3.63, 3.8) is 0 Å². The number of nitrogens with one attached hydrogen (secondary N) is 1. The van der Waals surface area contributed by atoms with E-state index in [0.717, 1.165) is 12.8 Å². The van der Waals surface area contributed by atoms with Crippen LogP contribution in [0.25, 0.3) is 0 Å². The first-order chi connectivity index (χ1) is 8.85. The van der Waals surface area contributed by atoms with Crippen molar-refractivity contribution in [2.24, 2.45) is 0 Å². The third kappa shape index (κ3) is 4.06. The normalized spacial score (nSPS) is 22.0. The van der Waals surface area contributed by atoms with E-state index in [4.69, 9.17) is 27.9 Å². The molecule has 0 saturated carbocycles. The molecule has 1 atom stereocenters. The van der Waals surface area contributed by atoms with Gasteiger partial charge in [-0.05, 0) is 38.8 Å². The predicted molar refractivity (Wildman–Crippen MR) is 74.8 cm³/mol. The Kier molecular flexibility index (Phi) is 4.33. The monoisotopic (exact) mass is 302 g/mol. The molecule has 2 heterocycles. The van der Waals surface area contributed by atoms with Gasteiger partial charge in [-0.2, -0.15) is 0 Å². The molecule has 19 heavy (non-hydrogen) atoms. The number of halogens is 2. The molecule has 104 valence electrons. The summed E-state index contributed by atoms with van der Waals surface area (Å²) in [5, 5.41) is 3.41. The fourth-order valence-corrected chi connectivity index (χ4v) is 2.68. The topological polar surface area (TPSA) is 51.2 Å². The molecule has 1 aromatic heterocycles. The fraction of sp³-hybridized carbons (Fsp3) is 0.538. The molecule has 1 amide bonds. The molecule has 0 bridgehead atoms. The SMILES string of the molecule is CC1(C)CC(NC(=O)c2cc(Cl)nc(Cl)c2)CCO1. The van der Waals surface area contributed by atoms with Crippen LogP contribution in [0.5, 0.6) is 0 Å². The number of aromatic nitrogens is 1. The number of hydrogen-bond donors (Lipinski definition) is 1. The summed E-state index contributed by atoms with van der Waals surface area (Å²) in [6, 6.07) is 3.11. The van der Waals surface area contributed by atoms with Crippen molar-refractivity contribution in [1.82, 2.24) is 10.3 Å². The third-order valence-corrected chi connectivity index (χ3v) is 3.44. The van der Waals surface area contributed by atoms with Gasteiger partial charge in [0, 0.05) is 18.2 Å². The van der Waals surface area contributed by atoms with E-state index in [0.29, 0.717) is 12.2 Å². The number of ether oxygens (including phenoxy) is 1. The highest BCUT2D eigenvalue weighted by molar-refractivity contribution is 6.33. The van der Waals surface area contributed by atoms with Crippen LogP contribution in [0.1, 0.15) is 37.0 Å². The highest BCUT2D eigenvalue weighted by atomic mass is 35.5. The molecule has 0 spiro atoms. The van der Waals surface area contributed by atoms with Crippen LogP contribution in [-0.4, -0.2) is 29.1 Å². The molecule has 1 N–H and O–H groups in total. The maximum Gasteiger partial charge on any atom is 0.251 e. The summed E-state index contributed by atoms with van der Waals surface area (Å²) in [6.45, 7) is 4.69. The van der Waals surface area contributed by atoms with E-state index in [1.807, 2.05) is 13.8 Å². The molecule has 1 aliphatic heterocycles. The number of carbonyl (C=O) groups is 1. The lowest BCUT2D eigenvalue weighted by Crippen LogP contribution is -2.45. The molecular formula is C13H16Cl2N2O2. The Labute approximate surface area is 122 Å². The molecule has 2 rings (SSSR count). The minimum Gasteiger partial charge on any atom is -0.375 e. The molecule has 0 aromatic carbocycles. The summed E-state index contributed by atoms with van der Waals surface area (Å²) in [5.41, 5.74) is 0.221. The standard InChI is InChI=1S/C13H16Cl2N2O2/c1-13(2)7-9(3-4-19-13)16-12(18)8-5-10(14)17-11(15)6-8/h5-6,9H,3-4,7H2,1-2H3,(H,16,18). The van der Waals surface area contributed by atoms with E-state index in [-0.39, 0.29) is 27.9 Å². The Morgan fingerprint density at radius 2 is 2.05 bits per heavy atom. The molecule has 1 fully saturated rings. The van der Waals surface area contributed by atoms with Gasteiger partial charge in [-0.15, -0.1) is 0 Å². The molecule has 6 heteroatoms. The van der Waals surface area contributed by atoms with Crippen molar-refractivity contribution in [2.75, 3.05) is 6.61 Å². The Hall–Kier alpha value is -0.840. The minimum absolute atomic E-state index is 0.0990. The van der Waals surface area contributed by atoms with E-state index < -0.39 is 0 Å². The predicted octanol–water partition coefficient (Wildman–Crippen LogP) is 3.08. The van der Waals surface area contributed by atoms with Gasteiger partial charge in [0.05, 0.1) is 5.60 Å². The number of pyridine rings is 1. The molecule has 4 nitrogen and oxygen atoms in total. The van der Waals surface area contributed by atoms with E-state index in [9.17, 15) is 4.79 Å². The van der Waals surface area contributed by atoms with E-state index in [1.54, 1.807) is 0 Å². The highest BCUT2D eigenvalue weighted by Gasteiger charge is 2.29. The van der Waals surface area contributed by atoms with Gasteiger partial charge in [0.15, 0.2) is 0 Å². The van der Waals surface area contributed by atoms with Gasteiger partial charge in [-0.3, -0.25) is 4.79 Å². The molecule has 0 radical (unpaired) electrons. The van der Waals surface area contributed by atoms with Gasteiger partial charge in [0.1, 0.15) is 10.3 Å². The van der Waals surface area contributed by atoms with E-state index in [2.05, 4.69) is 10.3 Å². The zero-order chi connectivity index (χ0) is 14.0. The summed E-state index contributed by atoms with van der Waals surface area (Å²) in [6.07, 6.45) is 1.59. The maximum absolute atomic E-state index is 12.1. The number of nitrogens with zero attached hydrogens (tertiary/aromatic N) is 1. The van der Waals surface area contributed by atoms with Crippen LogP contribution in [-0.2, 0) is 4.74 Å². The van der Waals surface area contributed by atoms with Crippen LogP contribution in [0.15, 0.2) is 12.1 Å². The summed E-state index contributed by atoms with van der Waals surface area (Å²) in [4.78, 5) is 15.9. The van der Waals surface area contributed by atoms with Crippen molar-refractivity contribution in [2.45, 2.75) is 38.3 Å². The second kappa shape index (κ2) is 5.65. The van der Waals surface area contributed by atoms with Crippen molar-refractivity contribution in [3.8, 4) is 0 Å². The Morgan fingerprint density at radius 1 is 1.42 bits per heavy atom. The van der Waals surface area contributed by atoms with Gasteiger partial charge in [-0.25, -0.2) is 4.98 Å². The van der Waals surface area contributed by atoms with Crippen molar-refractivity contribution in [3.05, 3.63) is 28.0 Å². The lowest BCUT2D eigenvalue weighted by molar-refractivity contribution is -0.0615. The molecule has 1 saturated heterocycles. The second-order valence-electron chi connectivity index (χ2n) is 5.27. The third-order valence-electron chi connectivity index (χ3n) is 3.06. The Bertz CT molecular complexity index is 471. The average Bonchev–Trinajstić information content (AvgIpc) is 2.26. The van der Waals surface area contributed by atoms with Crippen LogP contribution >= 0.6 is 23.2 Å².